The zero-order valence-corrected chi connectivity index (χ0v) is 18.5. The molecule has 1 N–H and O–H groups in total. The van der Waals surface area contributed by atoms with Crippen LogP contribution in [0.15, 0.2) is 79.4 Å². The van der Waals surface area contributed by atoms with Gasteiger partial charge >= 0.3 is 0 Å². The van der Waals surface area contributed by atoms with Crippen molar-refractivity contribution in [3.05, 3.63) is 90.5 Å². The number of amides is 1. The summed E-state index contributed by atoms with van der Waals surface area (Å²) in [6.45, 7) is 8.39. The van der Waals surface area contributed by atoms with E-state index in [2.05, 4.69) is 13.2 Å². The Hall–Kier alpha value is -3.84. The molecule has 0 saturated carbocycles. The summed E-state index contributed by atoms with van der Waals surface area (Å²) in [5.74, 6) is -0.453. The van der Waals surface area contributed by atoms with Gasteiger partial charge in [-0.1, -0.05) is 37.4 Å². The molecular formula is C26H27NO6. The molecule has 1 amide bonds. The van der Waals surface area contributed by atoms with Gasteiger partial charge in [-0.2, -0.15) is 0 Å². The van der Waals surface area contributed by atoms with Crippen LogP contribution in [0.25, 0.3) is 5.76 Å². The molecule has 0 radical (unpaired) electrons. The first-order valence-electron chi connectivity index (χ1n) is 10.5. The van der Waals surface area contributed by atoms with Gasteiger partial charge in [-0.25, -0.2) is 0 Å². The van der Waals surface area contributed by atoms with Gasteiger partial charge in [0, 0.05) is 19.2 Å². The summed E-state index contributed by atoms with van der Waals surface area (Å²) in [5, 5.41) is 11.1. The van der Waals surface area contributed by atoms with Crippen molar-refractivity contribution in [2.45, 2.75) is 6.04 Å². The summed E-state index contributed by atoms with van der Waals surface area (Å²) < 4.78 is 16.1. The van der Waals surface area contributed by atoms with E-state index in [1.165, 1.54) is 12.0 Å². The molecule has 1 atom stereocenters. The molecule has 1 saturated heterocycles. The molecule has 2 aromatic carbocycles. The van der Waals surface area contributed by atoms with Crippen LogP contribution in [0.5, 0.6) is 11.5 Å². The zero-order valence-electron chi connectivity index (χ0n) is 18.5. The molecule has 1 fully saturated rings. The van der Waals surface area contributed by atoms with Crippen molar-refractivity contribution in [1.29, 1.82) is 0 Å². The molecule has 7 nitrogen and oxygen atoms in total. The number of ketones is 1. The van der Waals surface area contributed by atoms with E-state index >= 15 is 0 Å². The van der Waals surface area contributed by atoms with Crippen molar-refractivity contribution in [2.24, 2.45) is 0 Å². The standard InChI is InChI=1S/C26H27NO6/c1-4-15-32-20-10-6-18(7-11-20)23-22(25(29)26(30)27(23)14-17-31-3)24(28)19-8-12-21(13-9-19)33-16-5-2/h4-13,23,28H,1-2,14-17H2,3H3/b24-22+. The number of ether oxygens (including phenoxy) is 3. The minimum atomic E-state index is -0.759. The molecule has 0 aliphatic carbocycles. The van der Waals surface area contributed by atoms with Gasteiger partial charge in [0.15, 0.2) is 0 Å². The number of hydrogen-bond acceptors (Lipinski definition) is 6. The van der Waals surface area contributed by atoms with Crippen molar-refractivity contribution >= 4 is 17.4 Å². The second-order valence-corrected chi connectivity index (χ2v) is 7.28. The maximum Gasteiger partial charge on any atom is 0.295 e. The lowest BCUT2D eigenvalue weighted by atomic mass is 9.95. The molecule has 1 aliphatic rings. The average Bonchev–Trinajstić information content (AvgIpc) is 3.10. The van der Waals surface area contributed by atoms with E-state index in [1.807, 2.05) is 0 Å². The lowest BCUT2D eigenvalue weighted by Gasteiger charge is -2.25. The van der Waals surface area contributed by atoms with Gasteiger partial charge in [-0.3, -0.25) is 9.59 Å². The summed E-state index contributed by atoms with van der Waals surface area (Å²) in [6.07, 6.45) is 3.27. The third-order valence-corrected chi connectivity index (χ3v) is 5.14. The lowest BCUT2D eigenvalue weighted by molar-refractivity contribution is -0.140. The predicted molar refractivity (Wildman–Crippen MR) is 125 cm³/mol. The summed E-state index contributed by atoms with van der Waals surface area (Å²) in [4.78, 5) is 27.2. The van der Waals surface area contributed by atoms with Gasteiger partial charge in [0.25, 0.3) is 11.7 Å². The van der Waals surface area contributed by atoms with Crippen molar-refractivity contribution in [3.63, 3.8) is 0 Å². The number of rotatable bonds is 11. The topological polar surface area (TPSA) is 85.3 Å². The van der Waals surface area contributed by atoms with Crippen molar-refractivity contribution < 1.29 is 28.9 Å². The van der Waals surface area contributed by atoms with Crippen molar-refractivity contribution in [2.75, 3.05) is 33.5 Å². The van der Waals surface area contributed by atoms with Crippen molar-refractivity contribution in [3.8, 4) is 11.5 Å². The number of likely N-dealkylation sites (tertiary alicyclic amines) is 1. The van der Waals surface area contributed by atoms with Crippen LogP contribution in [-0.4, -0.2) is 55.2 Å². The highest BCUT2D eigenvalue weighted by molar-refractivity contribution is 6.46. The zero-order chi connectivity index (χ0) is 23.8. The maximum absolute atomic E-state index is 13.0. The number of aliphatic hydroxyl groups excluding tert-OH is 1. The van der Waals surface area contributed by atoms with Crippen LogP contribution < -0.4 is 9.47 Å². The first kappa shape index (κ1) is 23.8. The van der Waals surface area contributed by atoms with E-state index in [1.54, 1.807) is 60.7 Å². The minimum absolute atomic E-state index is 0.0237. The Balaban J connectivity index is 2.02. The smallest absolute Gasteiger partial charge is 0.295 e. The fourth-order valence-corrected chi connectivity index (χ4v) is 3.57. The molecule has 0 aromatic heterocycles. The highest BCUT2D eigenvalue weighted by Gasteiger charge is 2.45. The molecule has 33 heavy (non-hydrogen) atoms. The summed E-state index contributed by atoms with van der Waals surface area (Å²) in [7, 11) is 1.52. The van der Waals surface area contributed by atoms with Gasteiger partial charge in [-0.15, -0.1) is 0 Å². The van der Waals surface area contributed by atoms with Crippen LogP contribution in [0.3, 0.4) is 0 Å². The van der Waals surface area contributed by atoms with Gasteiger partial charge in [-0.05, 0) is 42.0 Å². The molecule has 2 aromatic rings. The van der Waals surface area contributed by atoms with Gasteiger partial charge in [0.2, 0.25) is 0 Å². The third-order valence-electron chi connectivity index (χ3n) is 5.14. The second-order valence-electron chi connectivity index (χ2n) is 7.28. The number of hydrogen-bond donors (Lipinski definition) is 1. The van der Waals surface area contributed by atoms with E-state index in [4.69, 9.17) is 14.2 Å². The molecule has 0 spiro atoms. The fraction of sp³-hybridized carbons (Fsp3) is 0.231. The first-order valence-corrected chi connectivity index (χ1v) is 10.5. The van der Waals surface area contributed by atoms with Gasteiger partial charge in [0.05, 0.1) is 18.2 Å². The van der Waals surface area contributed by atoms with E-state index < -0.39 is 17.7 Å². The SMILES string of the molecule is C=CCOc1ccc(/C(O)=C2\C(=O)C(=O)N(CCOC)C2c2ccc(OCC=C)cc2)cc1. The fourth-order valence-electron chi connectivity index (χ4n) is 3.57. The van der Waals surface area contributed by atoms with Crippen LogP contribution in [0, 0.1) is 0 Å². The maximum atomic E-state index is 13.0. The van der Waals surface area contributed by atoms with Crippen LogP contribution in [-0.2, 0) is 14.3 Å². The molecule has 1 aliphatic heterocycles. The Morgan fingerprint density at radius 2 is 1.52 bits per heavy atom. The largest absolute Gasteiger partial charge is 0.507 e. The van der Waals surface area contributed by atoms with Crippen LogP contribution in [0.4, 0.5) is 0 Å². The Labute approximate surface area is 193 Å². The Kier molecular flexibility index (Phi) is 8.05. The number of aliphatic hydroxyl groups is 1. The summed E-state index contributed by atoms with van der Waals surface area (Å²) in [5.41, 5.74) is 1.10. The van der Waals surface area contributed by atoms with Crippen LogP contribution >= 0.6 is 0 Å². The second kappa shape index (κ2) is 11.2. The van der Waals surface area contributed by atoms with Crippen LogP contribution in [0.1, 0.15) is 17.2 Å². The molecular weight excluding hydrogens is 422 g/mol. The predicted octanol–water partition coefficient (Wildman–Crippen LogP) is 3.88. The highest BCUT2D eigenvalue weighted by atomic mass is 16.5. The lowest BCUT2D eigenvalue weighted by Crippen LogP contribution is -2.32. The number of benzene rings is 2. The van der Waals surface area contributed by atoms with Gasteiger partial charge in [0.1, 0.15) is 30.5 Å². The third kappa shape index (κ3) is 5.32. The highest BCUT2D eigenvalue weighted by Crippen LogP contribution is 2.39. The first-order chi connectivity index (χ1) is 16.0. The number of nitrogens with zero attached hydrogens (tertiary/aromatic N) is 1. The number of carbonyl (C=O) groups excluding carboxylic acids is 2. The Bertz CT molecular complexity index is 1040. The van der Waals surface area contributed by atoms with Crippen LogP contribution in [0.2, 0.25) is 0 Å². The monoisotopic (exact) mass is 449 g/mol. The van der Waals surface area contributed by atoms with E-state index in [0.717, 1.165) is 0 Å². The average molecular weight is 450 g/mol. The normalized spacial score (nSPS) is 17.1. The molecule has 7 heteroatoms. The molecule has 1 unspecified atom stereocenters. The van der Waals surface area contributed by atoms with E-state index in [0.29, 0.717) is 35.8 Å². The molecule has 0 bridgehead atoms. The molecule has 1 heterocycles. The number of methoxy groups -OCH3 is 1. The number of Topliss-reactive ketones (excluding diaryl/α,β-unsaturated/α-hetero) is 1. The Morgan fingerprint density at radius 3 is 2.03 bits per heavy atom. The molecule has 3 rings (SSSR count). The Morgan fingerprint density at radius 1 is 0.970 bits per heavy atom. The quantitative estimate of drug-likeness (QED) is 0.243. The van der Waals surface area contributed by atoms with E-state index in [9.17, 15) is 14.7 Å². The summed E-state index contributed by atoms with van der Waals surface area (Å²) in [6, 6.07) is 12.9. The minimum Gasteiger partial charge on any atom is -0.507 e. The van der Waals surface area contributed by atoms with E-state index in [-0.39, 0.29) is 24.5 Å². The summed E-state index contributed by atoms with van der Waals surface area (Å²) >= 11 is 0. The molecule has 172 valence electrons. The number of carbonyl (C=O) groups is 2. The van der Waals surface area contributed by atoms with Gasteiger partial charge < -0.3 is 24.2 Å². The van der Waals surface area contributed by atoms with Crippen molar-refractivity contribution in [1.82, 2.24) is 4.90 Å².